The molecule has 6 nitrogen and oxygen atoms in total. The maximum atomic E-state index is 11.9. The Balaban J connectivity index is 2.37. The van der Waals surface area contributed by atoms with Crippen LogP contribution < -0.4 is 0 Å². The minimum atomic E-state index is -0.834. The number of rotatable bonds is 2. The second-order valence-electron chi connectivity index (χ2n) is 6.30. The molecule has 5 atom stereocenters. The van der Waals surface area contributed by atoms with E-state index < -0.39 is 24.3 Å². The first kappa shape index (κ1) is 17.7. The molecule has 2 rings (SSSR count). The molecule has 0 amide bonds. The first-order chi connectivity index (χ1) is 10.8. The molecule has 0 bridgehead atoms. The van der Waals surface area contributed by atoms with Crippen molar-refractivity contribution >= 4 is 11.9 Å². The van der Waals surface area contributed by atoms with Crippen LogP contribution >= 0.6 is 0 Å². The zero-order valence-electron chi connectivity index (χ0n) is 13.5. The van der Waals surface area contributed by atoms with Gasteiger partial charge in [-0.1, -0.05) is 13.5 Å². The number of esters is 2. The van der Waals surface area contributed by atoms with Gasteiger partial charge in [0.1, 0.15) is 12.2 Å². The van der Waals surface area contributed by atoms with E-state index in [0.29, 0.717) is 24.0 Å². The van der Waals surface area contributed by atoms with E-state index in [1.807, 2.05) is 6.92 Å². The van der Waals surface area contributed by atoms with Crippen molar-refractivity contribution in [2.45, 2.75) is 51.4 Å². The number of carbonyl (C=O) groups excluding carboxylic acids is 2. The Kier molecular flexibility index (Phi) is 5.59. The second kappa shape index (κ2) is 7.27. The van der Waals surface area contributed by atoms with E-state index in [0.717, 1.165) is 0 Å². The number of hydrogen-bond acceptors (Lipinski definition) is 6. The highest BCUT2D eigenvalue weighted by Gasteiger charge is 2.41. The van der Waals surface area contributed by atoms with Crippen LogP contribution in [0.1, 0.15) is 33.1 Å². The van der Waals surface area contributed by atoms with Crippen LogP contribution in [0.25, 0.3) is 0 Å². The average Bonchev–Trinajstić information content (AvgIpc) is 2.75. The van der Waals surface area contributed by atoms with Gasteiger partial charge in [0.25, 0.3) is 0 Å². The van der Waals surface area contributed by atoms with Crippen molar-refractivity contribution in [1.29, 1.82) is 0 Å². The van der Waals surface area contributed by atoms with E-state index >= 15 is 0 Å². The molecule has 0 saturated carbocycles. The first-order valence-corrected chi connectivity index (χ1v) is 7.88. The lowest BCUT2D eigenvalue weighted by atomic mass is 9.83. The lowest BCUT2D eigenvalue weighted by molar-refractivity contribution is -0.146. The fourth-order valence-corrected chi connectivity index (χ4v) is 3.20. The summed E-state index contributed by atoms with van der Waals surface area (Å²) in [7, 11) is 0. The summed E-state index contributed by atoms with van der Waals surface area (Å²) in [4.78, 5) is 23.2. The van der Waals surface area contributed by atoms with Crippen molar-refractivity contribution in [3.05, 3.63) is 23.8 Å². The van der Waals surface area contributed by atoms with Gasteiger partial charge in [0, 0.05) is 19.3 Å². The molecule has 1 aliphatic carbocycles. The molecule has 0 aromatic carbocycles. The van der Waals surface area contributed by atoms with Gasteiger partial charge in [-0.3, -0.25) is 9.59 Å². The summed E-state index contributed by atoms with van der Waals surface area (Å²) < 4.78 is 10.6. The summed E-state index contributed by atoms with van der Waals surface area (Å²) in [5, 5.41) is 19.9. The Labute approximate surface area is 135 Å². The van der Waals surface area contributed by atoms with Gasteiger partial charge in [0.2, 0.25) is 0 Å². The van der Waals surface area contributed by atoms with Crippen LogP contribution in [0.3, 0.4) is 0 Å². The molecule has 1 fully saturated rings. The van der Waals surface area contributed by atoms with E-state index in [9.17, 15) is 19.8 Å². The van der Waals surface area contributed by atoms with Gasteiger partial charge in [0.05, 0.1) is 18.6 Å². The van der Waals surface area contributed by atoms with Crippen LogP contribution in [0.15, 0.2) is 23.8 Å². The largest absolute Gasteiger partial charge is 0.458 e. The zero-order valence-corrected chi connectivity index (χ0v) is 13.5. The molecular formula is C17H24O6. The van der Waals surface area contributed by atoms with Crippen molar-refractivity contribution in [3.8, 4) is 0 Å². The number of hydrogen-bond donors (Lipinski definition) is 2. The molecule has 23 heavy (non-hydrogen) atoms. The number of ether oxygens (including phenoxy) is 2. The third-order valence-electron chi connectivity index (χ3n) is 4.68. The van der Waals surface area contributed by atoms with Crippen LogP contribution in [-0.4, -0.2) is 47.1 Å². The Morgan fingerprint density at radius 1 is 1.52 bits per heavy atom. The Hall–Kier alpha value is -1.66. The SMILES string of the molecule is C=C1CC[C@@H]2[C@H](C=C(CO)[C@@H](OC(C)=O)C[C@H]1O)OC(=O)[C@@H]2C. The molecule has 2 aliphatic rings. The van der Waals surface area contributed by atoms with Crippen LogP contribution in [-0.2, 0) is 19.1 Å². The monoisotopic (exact) mass is 324 g/mol. The lowest BCUT2D eigenvalue weighted by Crippen LogP contribution is -2.30. The summed E-state index contributed by atoms with van der Waals surface area (Å²) in [5.41, 5.74) is 1.07. The molecular weight excluding hydrogens is 300 g/mol. The third kappa shape index (κ3) is 4.00. The molecule has 0 aromatic heterocycles. The Morgan fingerprint density at radius 2 is 2.22 bits per heavy atom. The standard InChI is InChI=1S/C17H24O6/c1-9-4-5-13-10(2)17(21)23-16(13)6-12(8-18)15(7-14(9)20)22-11(3)19/h6,10,13-16,18,20H,1,4-5,7-8H2,2-3H3/t10-,13+,14-,15+,16+/m1/s1. The summed E-state index contributed by atoms with van der Waals surface area (Å²) >= 11 is 0. The molecule has 1 heterocycles. The summed E-state index contributed by atoms with van der Waals surface area (Å²) in [6.07, 6.45) is 0.975. The Morgan fingerprint density at radius 3 is 2.83 bits per heavy atom. The number of carbonyl (C=O) groups is 2. The van der Waals surface area contributed by atoms with Crippen LogP contribution in [0, 0.1) is 11.8 Å². The van der Waals surface area contributed by atoms with Crippen molar-refractivity contribution in [2.75, 3.05) is 6.61 Å². The maximum Gasteiger partial charge on any atom is 0.309 e. The highest BCUT2D eigenvalue weighted by atomic mass is 16.6. The number of fused-ring (bicyclic) bond motifs is 1. The predicted octanol–water partition coefficient (Wildman–Crippen LogP) is 1.12. The van der Waals surface area contributed by atoms with Gasteiger partial charge in [0.15, 0.2) is 0 Å². The number of aliphatic hydroxyl groups is 2. The van der Waals surface area contributed by atoms with Gasteiger partial charge in [-0.25, -0.2) is 0 Å². The molecule has 6 heteroatoms. The summed E-state index contributed by atoms with van der Waals surface area (Å²) in [6, 6.07) is 0. The van der Waals surface area contributed by atoms with Gasteiger partial charge >= 0.3 is 11.9 Å². The van der Waals surface area contributed by atoms with Gasteiger partial charge in [-0.05, 0) is 30.1 Å². The molecule has 0 aromatic rings. The highest BCUT2D eigenvalue weighted by molar-refractivity contribution is 5.75. The van der Waals surface area contributed by atoms with Gasteiger partial charge in [-0.2, -0.15) is 0 Å². The Bertz CT molecular complexity index is 523. The molecule has 128 valence electrons. The van der Waals surface area contributed by atoms with E-state index in [4.69, 9.17) is 9.47 Å². The zero-order chi connectivity index (χ0) is 17.1. The molecule has 1 aliphatic heterocycles. The van der Waals surface area contributed by atoms with E-state index in [1.54, 1.807) is 6.08 Å². The number of aliphatic hydroxyl groups excluding tert-OH is 2. The van der Waals surface area contributed by atoms with E-state index in [-0.39, 0.29) is 30.8 Å². The average molecular weight is 324 g/mol. The maximum absolute atomic E-state index is 11.9. The smallest absolute Gasteiger partial charge is 0.309 e. The fraction of sp³-hybridized carbons (Fsp3) is 0.647. The molecule has 0 spiro atoms. The van der Waals surface area contributed by atoms with E-state index in [2.05, 4.69) is 6.58 Å². The minimum Gasteiger partial charge on any atom is -0.458 e. The summed E-state index contributed by atoms with van der Waals surface area (Å²) in [6.45, 7) is 6.64. The van der Waals surface area contributed by atoms with E-state index in [1.165, 1.54) is 6.92 Å². The molecule has 2 N–H and O–H groups in total. The van der Waals surface area contributed by atoms with Gasteiger partial charge in [-0.15, -0.1) is 0 Å². The first-order valence-electron chi connectivity index (χ1n) is 7.88. The quantitative estimate of drug-likeness (QED) is 0.584. The van der Waals surface area contributed by atoms with Crippen molar-refractivity contribution in [1.82, 2.24) is 0 Å². The van der Waals surface area contributed by atoms with Crippen molar-refractivity contribution < 1.29 is 29.3 Å². The highest BCUT2D eigenvalue weighted by Crippen LogP contribution is 2.36. The summed E-state index contributed by atoms with van der Waals surface area (Å²) in [5.74, 6) is -1.09. The van der Waals surface area contributed by atoms with Crippen LogP contribution in [0.2, 0.25) is 0 Å². The van der Waals surface area contributed by atoms with Gasteiger partial charge < -0.3 is 19.7 Å². The van der Waals surface area contributed by atoms with Crippen molar-refractivity contribution in [2.24, 2.45) is 11.8 Å². The molecule has 1 saturated heterocycles. The van der Waals surface area contributed by atoms with Crippen LogP contribution in [0.4, 0.5) is 0 Å². The second-order valence-corrected chi connectivity index (χ2v) is 6.30. The fourth-order valence-electron chi connectivity index (χ4n) is 3.20. The molecule has 0 unspecified atom stereocenters. The predicted molar refractivity (Wildman–Crippen MR) is 82.3 cm³/mol. The lowest BCUT2D eigenvalue weighted by Gasteiger charge is -2.27. The third-order valence-corrected chi connectivity index (χ3v) is 4.68. The molecule has 0 radical (unpaired) electrons. The van der Waals surface area contributed by atoms with Crippen molar-refractivity contribution in [3.63, 3.8) is 0 Å². The normalized spacial score (nSPS) is 35.1. The minimum absolute atomic E-state index is 0.0518. The topological polar surface area (TPSA) is 93.1 Å². The van der Waals surface area contributed by atoms with Crippen LogP contribution in [0.5, 0.6) is 0 Å².